The van der Waals surface area contributed by atoms with E-state index in [-0.39, 0.29) is 11.2 Å². The van der Waals surface area contributed by atoms with Crippen molar-refractivity contribution in [1.82, 2.24) is 9.97 Å². The second kappa shape index (κ2) is 6.50. The maximum atomic E-state index is 13.5. The number of nitrogens with zero attached hydrogens (tertiary/aromatic N) is 2. The number of aromatic nitrogens is 2. The van der Waals surface area contributed by atoms with Gasteiger partial charge < -0.3 is 9.84 Å². The molecule has 0 saturated heterocycles. The van der Waals surface area contributed by atoms with Gasteiger partial charge in [0.25, 0.3) is 0 Å². The van der Waals surface area contributed by atoms with Crippen LogP contribution >= 0.6 is 0 Å². The Kier molecular flexibility index (Phi) is 4.53. The summed E-state index contributed by atoms with van der Waals surface area (Å²) >= 11 is 0. The molecule has 5 nitrogen and oxygen atoms in total. The topological polar surface area (TPSA) is 72.3 Å². The summed E-state index contributed by atoms with van der Waals surface area (Å²) in [6.07, 6.45) is -3.21. The Morgan fingerprint density at radius 1 is 1.16 bits per heavy atom. The van der Waals surface area contributed by atoms with Gasteiger partial charge in [0.15, 0.2) is 5.69 Å². The first-order valence-electron chi connectivity index (χ1n) is 7.95. The summed E-state index contributed by atoms with van der Waals surface area (Å²) in [6, 6.07) is 4.62. The molecular formula is C17H17F3N2O3. The fraction of sp³-hybridized carbons (Fsp3) is 0.471. The first kappa shape index (κ1) is 17.4. The van der Waals surface area contributed by atoms with E-state index in [2.05, 4.69) is 9.97 Å². The minimum atomic E-state index is -4.62. The standard InChI is InChI=1S/C17H17F3N2O3/c1-25-11-6-7-12-13(8-11)22-15(17(18,19)20)14(21-12)9-2-4-10(5-3-9)16(23)24/h6-10H,2-5H2,1H3,(H,23,24). The van der Waals surface area contributed by atoms with Crippen molar-refractivity contribution in [2.75, 3.05) is 7.11 Å². The lowest BCUT2D eigenvalue weighted by molar-refractivity contribution is -0.144. The van der Waals surface area contributed by atoms with Crippen molar-refractivity contribution in [2.45, 2.75) is 37.8 Å². The van der Waals surface area contributed by atoms with Crippen LogP contribution in [0.25, 0.3) is 11.0 Å². The number of rotatable bonds is 3. The molecule has 0 unspecified atom stereocenters. The normalized spacial score (nSPS) is 21.3. The van der Waals surface area contributed by atoms with Gasteiger partial charge in [-0.1, -0.05) is 0 Å². The molecule has 0 radical (unpaired) electrons. The van der Waals surface area contributed by atoms with Gasteiger partial charge in [0, 0.05) is 12.0 Å². The van der Waals surface area contributed by atoms with Crippen molar-refractivity contribution in [3.63, 3.8) is 0 Å². The van der Waals surface area contributed by atoms with E-state index in [9.17, 15) is 18.0 Å². The maximum Gasteiger partial charge on any atom is 0.435 e. The predicted molar refractivity (Wildman–Crippen MR) is 83.4 cm³/mol. The number of halogens is 3. The van der Waals surface area contributed by atoms with Gasteiger partial charge in [-0.25, -0.2) is 9.97 Å². The van der Waals surface area contributed by atoms with Gasteiger partial charge in [0.05, 0.1) is 29.8 Å². The van der Waals surface area contributed by atoms with Crippen LogP contribution in [0.5, 0.6) is 5.75 Å². The Morgan fingerprint density at radius 3 is 2.40 bits per heavy atom. The predicted octanol–water partition coefficient (Wildman–Crippen LogP) is 4.02. The Bertz CT molecular complexity index is 800. The van der Waals surface area contributed by atoms with E-state index in [1.54, 1.807) is 12.1 Å². The summed E-state index contributed by atoms with van der Waals surface area (Å²) in [4.78, 5) is 19.1. The van der Waals surface area contributed by atoms with Gasteiger partial charge in [-0.2, -0.15) is 13.2 Å². The third kappa shape index (κ3) is 3.52. The number of carboxylic acids is 1. The quantitative estimate of drug-likeness (QED) is 0.901. The summed E-state index contributed by atoms with van der Waals surface area (Å²) in [5.74, 6) is -1.43. The van der Waals surface area contributed by atoms with Crippen LogP contribution in [0.1, 0.15) is 43.0 Å². The summed E-state index contributed by atoms with van der Waals surface area (Å²) < 4.78 is 45.5. The monoisotopic (exact) mass is 354 g/mol. The van der Waals surface area contributed by atoms with Crippen molar-refractivity contribution in [3.8, 4) is 5.75 Å². The van der Waals surface area contributed by atoms with Crippen LogP contribution in [0.15, 0.2) is 18.2 Å². The first-order chi connectivity index (χ1) is 11.8. The lowest BCUT2D eigenvalue weighted by Gasteiger charge is -2.27. The van der Waals surface area contributed by atoms with Gasteiger partial charge in [-0.05, 0) is 37.8 Å². The number of fused-ring (bicyclic) bond motifs is 1. The van der Waals surface area contributed by atoms with Gasteiger partial charge >= 0.3 is 12.1 Å². The second-order valence-electron chi connectivity index (χ2n) is 6.20. The number of hydrogen-bond donors (Lipinski definition) is 1. The fourth-order valence-corrected chi connectivity index (χ4v) is 3.28. The van der Waals surface area contributed by atoms with Gasteiger partial charge in [0.1, 0.15) is 5.75 Å². The fourth-order valence-electron chi connectivity index (χ4n) is 3.28. The van der Waals surface area contributed by atoms with Crippen LogP contribution in [-0.2, 0) is 11.0 Å². The van der Waals surface area contributed by atoms with Crippen molar-refractivity contribution < 1.29 is 27.8 Å². The summed E-state index contributed by atoms with van der Waals surface area (Å²) in [5.41, 5.74) is -0.597. The maximum absolute atomic E-state index is 13.5. The Morgan fingerprint density at radius 2 is 1.84 bits per heavy atom. The van der Waals surface area contributed by atoms with E-state index in [1.807, 2.05) is 0 Å². The molecule has 25 heavy (non-hydrogen) atoms. The smallest absolute Gasteiger partial charge is 0.435 e. The van der Waals surface area contributed by atoms with E-state index in [1.165, 1.54) is 13.2 Å². The number of aliphatic carboxylic acids is 1. The van der Waals surface area contributed by atoms with Crippen LogP contribution in [0.3, 0.4) is 0 Å². The summed E-state index contributed by atoms with van der Waals surface area (Å²) in [6.45, 7) is 0. The first-order valence-corrected chi connectivity index (χ1v) is 7.95. The number of carboxylic acid groups (broad SMARTS) is 1. The van der Waals surface area contributed by atoms with Crippen LogP contribution in [0.4, 0.5) is 13.2 Å². The number of carbonyl (C=O) groups is 1. The Hall–Kier alpha value is -2.38. The number of hydrogen-bond acceptors (Lipinski definition) is 4. The van der Waals surface area contributed by atoms with Gasteiger partial charge in [0.2, 0.25) is 0 Å². The van der Waals surface area contributed by atoms with Crippen LogP contribution in [0.2, 0.25) is 0 Å². The molecule has 2 aromatic rings. The molecule has 3 rings (SSSR count). The van der Waals surface area contributed by atoms with Crippen molar-refractivity contribution in [1.29, 1.82) is 0 Å². The highest BCUT2D eigenvalue weighted by Crippen LogP contribution is 2.41. The largest absolute Gasteiger partial charge is 0.497 e. The number of ether oxygens (including phenoxy) is 1. The van der Waals surface area contributed by atoms with Crippen molar-refractivity contribution >= 4 is 17.0 Å². The number of benzene rings is 1. The lowest BCUT2D eigenvalue weighted by atomic mass is 9.80. The molecule has 134 valence electrons. The average molecular weight is 354 g/mol. The third-order valence-corrected chi connectivity index (χ3v) is 4.63. The van der Waals surface area contributed by atoms with Gasteiger partial charge in [-0.15, -0.1) is 0 Å². The number of alkyl halides is 3. The second-order valence-corrected chi connectivity index (χ2v) is 6.20. The molecule has 1 N–H and O–H groups in total. The molecule has 0 spiro atoms. The molecule has 1 aliphatic carbocycles. The van der Waals surface area contributed by atoms with Gasteiger partial charge in [-0.3, -0.25) is 4.79 Å². The molecular weight excluding hydrogens is 337 g/mol. The summed E-state index contributed by atoms with van der Waals surface area (Å²) in [5, 5.41) is 9.05. The minimum absolute atomic E-state index is 0.0889. The van der Waals surface area contributed by atoms with E-state index in [4.69, 9.17) is 9.84 Å². The van der Waals surface area contributed by atoms with Crippen LogP contribution in [-0.4, -0.2) is 28.2 Å². The zero-order valence-electron chi connectivity index (χ0n) is 13.5. The molecule has 1 aromatic carbocycles. The molecule has 1 aromatic heterocycles. The van der Waals surface area contributed by atoms with E-state index in [0.717, 1.165) is 0 Å². The third-order valence-electron chi connectivity index (χ3n) is 4.63. The van der Waals surface area contributed by atoms with E-state index < -0.39 is 29.7 Å². The van der Waals surface area contributed by atoms with Crippen molar-refractivity contribution in [3.05, 3.63) is 29.6 Å². The summed E-state index contributed by atoms with van der Waals surface area (Å²) in [7, 11) is 1.43. The van der Waals surface area contributed by atoms with E-state index in [0.29, 0.717) is 36.9 Å². The molecule has 0 amide bonds. The molecule has 1 saturated carbocycles. The van der Waals surface area contributed by atoms with Crippen LogP contribution < -0.4 is 4.74 Å². The van der Waals surface area contributed by atoms with Crippen molar-refractivity contribution in [2.24, 2.45) is 5.92 Å². The highest BCUT2D eigenvalue weighted by atomic mass is 19.4. The average Bonchev–Trinajstić information content (AvgIpc) is 2.59. The zero-order chi connectivity index (χ0) is 18.2. The lowest BCUT2D eigenvalue weighted by Crippen LogP contribution is -2.23. The highest BCUT2D eigenvalue weighted by Gasteiger charge is 2.40. The molecule has 1 aliphatic rings. The molecule has 8 heteroatoms. The minimum Gasteiger partial charge on any atom is -0.497 e. The highest BCUT2D eigenvalue weighted by molar-refractivity contribution is 5.76. The molecule has 1 fully saturated rings. The zero-order valence-corrected chi connectivity index (χ0v) is 13.5. The Labute approximate surface area is 141 Å². The Balaban J connectivity index is 2.03. The number of methoxy groups -OCH3 is 1. The van der Waals surface area contributed by atoms with E-state index >= 15 is 0 Å². The molecule has 1 heterocycles. The van der Waals surface area contributed by atoms with Crippen LogP contribution in [0, 0.1) is 5.92 Å². The molecule has 0 atom stereocenters. The SMILES string of the molecule is COc1ccc2nc(C3CCC(C(=O)O)CC3)c(C(F)(F)F)nc2c1. The molecule has 0 bridgehead atoms. The molecule has 0 aliphatic heterocycles.